The first-order valence-corrected chi connectivity index (χ1v) is 9.25. The average molecular weight is 397 g/mol. The molecule has 2 bridgehead atoms. The maximum absolute atomic E-state index is 12.5. The third-order valence-electron chi connectivity index (χ3n) is 5.49. The van der Waals surface area contributed by atoms with E-state index in [0.29, 0.717) is 29.8 Å². The van der Waals surface area contributed by atoms with Crippen LogP contribution in [-0.2, 0) is 9.47 Å². The Balaban J connectivity index is 1.49. The van der Waals surface area contributed by atoms with Gasteiger partial charge >= 0.3 is 0 Å². The van der Waals surface area contributed by atoms with Gasteiger partial charge in [0.1, 0.15) is 24.1 Å². The summed E-state index contributed by atoms with van der Waals surface area (Å²) in [5, 5.41) is 23.1. The normalized spacial score (nSPS) is 28.6. The quantitative estimate of drug-likeness (QED) is 0.580. The summed E-state index contributed by atoms with van der Waals surface area (Å²) in [6, 6.07) is 8.78. The molecule has 2 aliphatic heterocycles. The molecule has 0 aliphatic carbocycles. The van der Waals surface area contributed by atoms with E-state index >= 15 is 0 Å². The van der Waals surface area contributed by atoms with Crippen LogP contribution in [0.25, 0.3) is 11.2 Å². The second kappa shape index (κ2) is 6.85. The lowest BCUT2D eigenvalue weighted by Crippen LogP contribution is -2.51. The van der Waals surface area contributed by atoms with Crippen LogP contribution in [0, 0.1) is 0 Å². The SMILES string of the molecule is O=C(Nc1ncnc2c1ncn2C1O[C@]2(CO)CCOC1C2O)c1ccccc1. The molecule has 2 fully saturated rings. The van der Waals surface area contributed by atoms with E-state index in [4.69, 9.17) is 9.47 Å². The molecular formula is C19H19N5O5. The molecule has 1 amide bonds. The number of benzene rings is 1. The maximum Gasteiger partial charge on any atom is 0.256 e. The van der Waals surface area contributed by atoms with Crippen LogP contribution >= 0.6 is 0 Å². The fourth-order valence-corrected chi connectivity index (χ4v) is 3.90. The molecule has 3 unspecified atom stereocenters. The highest BCUT2D eigenvalue weighted by atomic mass is 16.6. The highest BCUT2D eigenvalue weighted by Gasteiger charge is 2.58. The predicted molar refractivity (Wildman–Crippen MR) is 100 cm³/mol. The van der Waals surface area contributed by atoms with Gasteiger partial charge in [0.2, 0.25) is 0 Å². The standard InChI is InChI=1S/C19H19N5O5/c25-8-19-6-7-28-13(14(19)26)18(29-19)24-10-22-12-15(20-9-21-16(12)24)23-17(27)11-4-2-1-3-5-11/h1-5,9-10,13-14,18,25-26H,6-8H2,(H,20,21,23,27)/t13?,14?,18?,19-/m0/s1. The smallest absolute Gasteiger partial charge is 0.256 e. The van der Waals surface area contributed by atoms with Crippen LogP contribution in [0.5, 0.6) is 0 Å². The number of amides is 1. The molecule has 150 valence electrons. The van der Waals surface area contributed by atoms with E-state index in [9.17, 15) is 15.0 Å². The predicted octanol–water partition coefficient (Wildman–Crippen LogP) is 0.488. The second-order valence-corrected chi connectivity index (χ2v) is 7.13. The van der Waals surface area contributed by atoms with Crippen LogP contribution in [-0.4, -0.2) is 66.7 Å². The topological polar surface area (TPSA) is 132 Å². The number of aromatic nitrogens is 4. The number of aliphatic hydroxyl groups excluding tert-OH is 2. The number of anilines is 1. The number of aliphatic hydroxyl groups is 2. The lowest BCUT2D eigenvalue weighted by molar-refractivity contribution is -0.143. The molecule has 0 radical (unpaired) electrons. The van der Waals surface area contributed by atoms with Crippen LogP contribution in [0.2, 0.25) is 0 Å². The Morgan fingerprint density at radius 2 is 2.10 bits per heavy atom. The highest BCUT2D eigenvalue weighted by Crippen LogP contribution is 2.44. The molecule has 0 spiro atoms. The molecular weight excluding hydrogens is 378 g/mol. The fourth-order valence-electron chi connectivity index (χ4n) is 3.90. The number of nitrogens with zero attached hydrogens (tertiary/aromatic N) is 4. The van der Waals surface area contributed by atoms with Gasteiger partial charge in [-0.2, -0.15) is 0 Å². The van der Waals surface area contributed by atoms with E-state index in [-0.39, 0.29) is 18.3 Å². The van der Waals surface area contributed by atoms with Gasteiger partial charge in [0.05, 0.1) is 19.5 Å². The van der Waals surface area contributed by atoms with Crippen LogP contribution in [0.15, 0.2) is 43.0 Å². The molecule has 2 aromatic heterocycles. The minimum atomic E-state index is -1.07. The van der Waals surface area contributed by atoms with Crippen LogP contribution in [0.3, 0.4) is 0 Å². The van der Waals surface area contributed by atoms with Crippen molar-refractivity contribution in [1.29, 1.82) is 0 Å². The Morgan fingerprint density at radius 3 is 2.86 bits per heavy atom. The summed E-state index contributed by atoms with van der Waals surface area (Å²) >= 11 is 0. The van der Waals surface area contributed by atoms with E-state index in [2.05, 4.69) is 20.3 Å². The van der Waals surface area contributed by atoms with Gasteiger partial charge in [0.15, 0.2) is 23.2 Å². The Morgan fingerprint density at radius 1 is 1.28 bits per heavy atom. The monoisotopic (exact) mass is 397 g/mol. The zero-order valence-corrected chi connectivity index (χ0v) is 15.3. The largest absolute Gasteiger partial charge is 0.393 e. The molecule has 2 aliphatic rings. The molecule has 4 atom stereocenters. The zero-order valence-electron chi connectivity index (χ0n) is 15.3. The molecule has 29 heavy (non-hydrogen) atoms. The molecule has 5 rings (SSSR count). The van der Waals surface area contributed by atoms with Gasteiger partial charge in [-0.1, -0.05) is 18.2 Å². The van der Waals surface area contributed by atoms with Gasteiger partial charge in [-0.05, 0) is 12.1 Å². The summed E-state index contributed by atoms with van der Waals surface area (Å²) in [7, 11) is 0. The van der Waals surface area contributed by atoms with Crippen molar-refractivity contribution in [1.82, 2.24) is 19.5 Å². The Bertz CT molecular complexity index is 1060. The van der Waals surface area contributed by atoms with Gasteiger partial charge in [0.25, 0.3) is 5.91 Å². The Hall–Kier alpha value is -2.92. The van der Waals surface area contributed by atoms with Gasteiger partial charge in [-0.3, -0.25) is 9.36 Å². The summed E-state index contributed by atoms with van der Waals surface area (Å²) in [6.07, 6.45) is 0.869. The van der Waals surface area contributed by atoms with Crippen LogP contribution < -0.4 is 5.32 Å². The summed E-state index contributed by atoms with van der Waals surface area (Å²) in [5.74, 6) is -0.0481. The van der Waals surface area contributed by atoms with E-state index in [1.165, 1.54) is 12.7 Å². The van der Waals surface area contributed by atoms with Crippen molar-refractivity contribution >= 4 is 22.9 Å². The summed E-state index contributed by atoms with van der Waals surface area (Å²) in [4.78, 5) is 25.2. The van der Waals surface area contributed by atoms with Gasteiger partial charge < -0.3 is 25.0 Å². The third kappa shape index (κ3) is 2.80. The molecule has 3 N–H and O–H groups in total. The first-order chi connectivity index (χ1) is 14.1. The molecule has 4 heterocycles. The van der Waals surface area contributed by atoms with Gasteiger partial charge in [0, 0.05) is 12.0 Å². The van der Waals surface area contributed by atoms with Crippen molar-refractivity contribution in [3.05, 3.63) is 48.5 Å². The summed E-state index contributed by atoms with van der Waals surface area (Å²) < 4.78 is 13.4. The van der Waals surface area contributed by atoms with Crippen molar-refractivity contribution in [2.24, 2.45) is 0 Å². The minimum absolute atomic E-state index is 0.266. The number of fused-ring (bicyclic) bond motifs is 3. The van der Waals surface area contributed by atoms with Gasteiger partial charge in [-0.25, -0.2) is 15.0 Å². The first kappa shape index (κ1) is 18.1. The number of imidazole rings is 1. The van der Waals surface area contributed by atoms with Crippen molar-refractivity contribution in [3.8, 4) is 0 Å². The highest BCUT2D eigenvalue weighted by molar-refractivity contribution is 6.06. The average Bonchev–Trinajstić information content (AvgIpc) is 3.22. The Labute approximate surface area is 165 Å². The number of rotatable bonds is 4. The number of hydrogen-bond acceptors (Lipinski definition) is 8. The maximum atomic E-state index is 12.5. The van der Waals surface area contributed by atoms with E-state index in [1.807, 2.05) is 6.07 Å². The summed E-state index contributed by atoms with van der Waals surface area (Å²) in [6.45, 7) is 0.0588. The lowest BCUT2D eigenvalue weighted by atomic mass is 9.90. The number of ether oxygens (including phenoxy) is 2. The Kier molecular flexibility index (Phi) is 4.28. The molecule has 1 aromatic carbocycles. The van der Waals surface area contributed by atoms with E-state index in [1.54, 1.807) is 28.8 Å². The summed E-state index contributed by atoms with van der Waals surface area (Å²) in [5.41, 5.74) is 0.230. The van der Waals surface area contributed by atoms with Crippen molar-refractivity contribution in [2.45, 2.75) is 30.5 Å². The minimum Gasteiger partial charge on any atom is -0.393 e. The third-order valence-corrected chi connectivity index (χ3v) is 5.49. The second-order valence-electron chi connectivity index (χ2n) is 7.13. The molecule has 0 saturated carbocycles. The lowest BCUT2D eigenvalue weighted by Gasteiger charge is -2.33. The first-order valence-electron chi connectivity index (χ1n) is 9.25. The molecule has 2 saturated heterocycles. The zero-order chi connectivity index (χ0) is 20.0. The van der Waals surface area contributed by atoms with Gasteiger partial charge in [-0.15, -0.1) is 0 Å². The van der Waals surface area contributed by atoms with Crippen LogP contribution in [0.4, 0.5) is 5.82 Å². The number of nitrogens with one attached hydrogen (secondary N) is 1. The van der Waals surface area contributed by atoms with E-state index < -0.39 is 24.0 Å². The molecule has 10 nitrogen and oxygen atoms in total. The molecule has 3 aromatic rings. The fraction of sp³-hybridized carbons (Fsp3) is 0.368. The van der Waals surface area contributed by atoms with Crippen molar-refractivity contribution in [3.63, 3.8) is 0 Å². The van der Waals surface area contributed by atoms with Crippen LogP contribution in [0.1, 0.15) is 23.0 Å². The number of carbonyl (C=O) groups is 1. The van der Waals surface area contributed by atoms with Crippen molar-refractivity contribution < 1.29 is 24.5 Å². The number of hydrogen-bond donors (Lipinski definition) is 3. The van der Waals surface area contributed by atoms with Crippen molar-refractivity contribution in [2.75, 3.05) is 18.5 Å². The number of carbonyl (C=O) groups excluding carboxylic acids is 1. The van der Waals surface area contributed by atoms with E-state index in [0.717, 1.165) is 0 Å². The molecule has 10 heteroatoms.